The minimum Gasteiger partial charge on any atom is -0.386 e. The fraction of sp³-hybridized carbons (Fsp3) is 0.222. The van der Waals surface area contributed by atoms with Gasteiger partial charge in [-0.1, -0.05) is 6.08 Å². The molecular formula is C9H11N3O. The first-order valence-corrected chi connectivity index (χ1v) is 3.86. The van der Waals surface area contributed by atoms with Crippen molar-refractivity contribution in [3.05, 3.63) is 35.7 Å². The molecule has 2 N–H and O–H groups in total. The Balaban J connectivity index is 2.53. The van der Waals surface area contributed by atoms with Crippen LogP contribution in [0.3, 0.4) is 0 Å². The second-order valence-corrected chi connectivity index (χ2v) is 2.42. The first kappa shape index (κ1) is 9.36. The van der Waals surface area contributed by atoms with E-state index in [0.717, 1.165) is 5.57 Å². The van der Waals surface area contributed by atoms with Gasteiger partial charge in [-0.05, 0) is 11.6 Å². The van der Waals surface area contributed by atoms with E-state index in [2.05, 4.69) is 21.7 Å². The quantitative estimate of drug-likeness (QED) is 0.619. The van der Waals surface area contributed by atoms with Gasteiger partial charge in [0.05, 0.1) is 12.7 Å². The smallest absolute Gasteiger partial charge is 0.101 e. The Morgan fingerprint density at radius 1 is 1.77 bits per heavy atom. The summed E-state index contributed by atoms with van der Waals surface area (Å²) in [5.74, 6) is 0. The molecule has 0 spiro atoms. The Kier molecular flexibility index (Phi) is 3.61. The van der Waals surface area contributed by atoms with Crippen LogP contribution in [0.2, 0.25) is 0 Å². The summed E-state index contributed by atoms with van der Waals surface area (Å²) in [5, 5.41) is 11.7. The molecule has 1 aliphatic heterocycles. The van der Waals surface area contributed by atoms with E-state index in [9.17, 15) is 0 Å². The van der Waals surface area contributed by atoms with Gasteiger partial charge < -0.3 is 5.32 Å². The molecule has 0 fully saturated rings. The van der Waals surface area contributed by atoms with Crippen molar-refractivity contribution in [2.24, 2.45) is 0 Å². The van der Waals surface area contributed by atoms with Crippen LogP contribution in [0.25, 0.3) is 0 Å². The zero-order valence-electron chi connectivity index (χ0n) is 7.37. The number of hydrogen-bond donors (Lipinski definition) is 2. The summed E-state index contributed by atoms with van der Waals surface area (Å²) in [6, 6.07) is 2.10. The van der Waals surface area contributed by atoms with Gasteiger partial charge in [-0.25, -0.2) is 0 Å². The Hall–Kier alpha value is -1.73. The van der Waals surface area contributed by atoms with Crippen molar-refractivity contribution in [2.45, 2.75) is 0 Å². The molecule has 1 heterocycles. The lowest BCUT2D eigenvalue weighted by atomic mass is 10.1. The average molecular weight is 177 g/mol. The molecule has 0 bridgehead atoms. The maximum Gasteiger partial charge on any atom is 0.101 e. The highest BCUT2D eigenvalue weighted by Gasteiger charge is 2.08. The Labute approximate surface area is 77.1 Å². The minimum absolute atomic E-state index is 0.682. The molecule has 0 unspecified atom stereocenters. The third kappa shape index (κ3) is 2.65. The zero-order chi connectivity index (χ0) is 9.52. The van der Waals surface area contributed by atoms with E-state index >= 15 is 0 Å². The number of hydroxylamine groups is 1. The van der Waals surface area contributed by atoms with E-state index in [1.54, 1.807) is 18.5 Å². The summed E-state index contributed by atoms with van der Waals surface area (Å²) in [6.07, 6.45) is 7.02. The van der Waals surface area contributed by atoms with Crippen molar-refractivity contribution in [2.75, 3.05) is 13.7 Å². The summed E-state index contributed by atoms with van der Waals surface area (Å²) >= 11 is 0. The van der Waals surface area contributed by atoms with Crippen molar-refractivity contribution in [3.63, 3.8) is 0 Å². The lowest BCUT2D eigenvalue weighted by molar-refractivity contribution is 0.128. The molecule has 13 heavy (non-hydrogen) atoms. The largest absolute Gasteiger partial charge is 0.386 e. The van der Waals surface area contributed by atoms with Crippen molar-refractivity contribution in [1.29, 1.82) is 5.26 Å². The van der Waals surface area contributed by atoms with E-state index < -0.39 is 0 Å². The van der Waals surface area contributed by atoms with Gasteiger partial charge in [0.15, 0.2) is 0 Å². The van der Waals surface area contributed by atoms with Crippen molar-refractivity contribution < 1.29 is 4.84 Å². The molecule has 0 saturated heterocycles. The normalized spacial score (nSPS) is 18.5. The van der Waals surface area contributed by atoms with Crippen LogP contribution in [0.4, 0.5) is 0 Å². The van der Waals surface area contributed by atoms with Crippen molar-refractivity contribution in [3.8, 4) is 6.07 Å². The lowest BCUT2D eigenvalue weighted by Gasteiger charge is -1.93. The van der Waals surface area contributed by atoms with E-state index in [1.165, 1.54) is 7.11 Å². The van der Waals surface area contributed by atoms with E-state index in [1.807, 2.05) is 6.08 Å². The van der Waals surface area contributed by atoms with Crippen LogP contribution in [0.1, 0.15) is 0 Å². The predicted octanol–water partition coefficient (Wildman–Crippen LogP) is 0.588. The Morgan fingerprint density at radius 2 is 2.62 bits per heavy atom. The topological polar surface area (TPSA) is 57.1 Å². The molecular weight excluding hydrogens is 166 g/mol. The van der Waals surface area contributed by atoms with Gasteiger partial charge in [0.25, 0.3) is 0 Å². The maximum absolute atomic E-state index is 8.68. The second kappa shape index (κ2) is 5.01. The maximum atomic E-state index is 8.68. The summed E-state index contributed by atoms with van der Waals surface area (Å²) in [7, 11) is 1.54. The van der Waals surface area contributed by atoms with Crippen LogP contribution in [-0.4, -0.2) is 13.7 Å². The lowest BCUT2D eigenvalue weighted by Crippen LogP contribution is -2.01. The van der Waals surface area contributed by atoms with Gasteiger partial charge in [-0.2, -0.15) is 5.26 Å². The number of hydrogen-bond acceptors (Lipinski definition) is 4. The van der Waals surface area contributed by atoms with Crippen LogP contribution in [0, 0.1) is 11.3 Å². The number of allylic oxidation sites excluding steroid dienone is 2. The third-order valence-corrected chi connectivity index (χ3v) is 1.58. The second-order valence-electron chi connectivity index (χ2n) is 2.42. The number of nitrogens with zero attached hydrogens (tertiary/aromatic N) is 1. The van der Waals surface area contributed by atoms with Crippen LogP contribution < -0.4 is 10.8 Å². The van der Waals surface area contributed by atoms with Gasteiger partial charge >= 0.3 is 0 Å². The molecule has 1 aliphatic rings. The molecule has 68 valence electrons. The average Bonchev–Trinajstić information content (AvgIpc) is 2.60. The van der Waals surface area contributed by atoms with E-state index in [0.29, 0.717) is 12.1 Å². The third-order valence-electron chi connectivity index (χ3n) is 1.58. The standard InChI is InChI=1S/C9H11N3O/c1-13-12-4-2-3-8-6-11-7-9(8)5-10/h2-4,7,11-12H,6H2,1H3/b4-2-,8-3+. The molecule has 0 aliphatic carbocycles. The highest BCUT2D eigenvalue weighted by molar-refractivity contribution is 5.47. The number of nitriles is 1. The fourth-order valence-corrected chi connectivity index (χ4v) is 0.975. The fourth-order valence-electron chi connectivity index (χ4n) is 0.975. The predicted molar refractivity (Wildman–Crippen MR) is 49.1 cm³/mol. The molecule has 1 rings (SSSR count). The van der Waals surface area contributed by atoms with Crippen molar-refractivity contribution in [1.82, 2.24) is 10.8 Å². The van der Waals surface area contributed by atoms with E-state index in [-0.39, 0.29) is 0 Å². The van der Waals surface area contributed by atoms with Crippen LogP contribution in [0.5, 0.6) is 0 Å². The summed E-state index contributed by atoms with van der Waals surface area (Å²) in [4.78, 5) is 4.60. The molecule has 4 heteroatoms. The van der Waals surface area contributed by atoms with Crippen LogP contribution >= 0.6 is 0 Å². The Morgan fingerprint density at radius 3 is 3.31 bits per heavy atom. The van der Waals surface area contributed by atoms with E-state index in [4.69, 9.17) is 5.26 Å². The highest BCUT2D eigenvalue weighted by atomic mass is 16.6. The van der Waals surface area contributed by atoms with Crippen LogP contribution in [-0.2, 0) is 4.84 Å². The molecule has 4 nitrogen and oxygen atoms in total. The van der Waals surface area contributed by atoms with Gasteiger partial charge in [-0.15, -0.1) is 0 Å². The molecule has 0 aromatic heterocycles. The number of rotatable bonds is 3. The molecule has 0 aromatic rings. The summed E-state index contributed by atoms with van der Waals surface area (Å²) in [6.45, 7) is 0.709. The van der Waals surface area contributed by atoms with Crippen LogP contribution in [0.15, 0.2) is 35.7 Å². The Bertz CT molecular complexity index is 296. The SMILES string of the molecule is CON/C=C\C=C1/CNC=C1C#N. The molecule has 0 atom stereocenters. The van der Waals surface area contributed by atoms with Gasteiger partial charge in [-0.3, -0.25) is 10.3 Å². The molecule has 0 radical (unpaired) electrons. The minimum atomic E-state index is 0.682. The van der Waals surface area contributed by atoms with Gasteiger partial charge in [0.2, 0.25) is 0 Å². The molecule has 0 amide bonds. The van der Waals surface area contributed by atoms with Gasteiger partial charge in [0, 0.05) is 18.9 Å². The summed E-state index contributed by atoms with van der Waals surface area (Å²) in [5.41, 5.74) is 4.22. The molecule has 0 saturated carbocycles. The highest BCUT2D eigenvalue weighted by Crippen LogP contribution is 2.12. The monoisotopic (exact) mass is 177 g/mol. The van der Waals surface area contributed by atoms with Crippen molar-refractivity contribution >= 4 is 0 Å². The summed E-state index contributed by atoms with van der Waals surface area (Å²) < 4.78 is 0. The molecule has 0 aromatic carbocycles. The number of nitrogens with one attached hydrogen (secondary N) is 2. The first-order valence-electron chi connectivity index (χ1n) is 3.86. The van der Waals surface area contributed by atoms with Gasteiger partial charge in [0.1, 0.15) is 6.07 Å². The first-order chi connectivity index (χ1) is 6.38. The zero-order valence-corrected chi connectivity index (χ0v) is 7.37.